The van der Waals surface area contributed by atoms with E-state index in [2.05, 4.69) is 32.6 Å². The molecule has 0 bridgehead atoms. The second-order valence-corrected chi connectivity index (χ2v) is 5.68. The summed E-state index contributed by atoms with van der Waals surface area (Å²) in [5.74, 6) is 0.748. The van der Waals surface area contributed by atoms with Gasteiger partial charge in [-0.05, 0) is 43.4 Å². The summed E-state index contributed by atoms with van der Waals surface area (Å²) in [6.07, 6.45) is 1.37. The predicted molar refractivity (Wildman–Crippen MR) is 69.0 cm³/mol. The molecule has 1 rings (SSSR count). The number of rotatable bonds is 2. The predicted octanol–water partition coefficient (Wildman–Crippen LogP) is 2.38. The van der Waals surface area contributed by atoms with Crippen molar-refractivity contribution in [1.82, 2.24) is 14.9 Å². The molecule has 0 saturated carbocycles. The van der Waals surface area contributed by atoms with Crippen molar-refractivity contribution in [2.45, 2.75) is 32.9 Å². The van der Waals surface area contributed by atoms with Gasteiger partial charge in [0.15, 0.2) is 0 Å². The first-order valence-corrected chi connectivity index (χ1v) is 5.99. The number of amides is 1. The Morgan fingerprint density at radius 3 is 2.69 bits per heavy atom. The average molecular weight is 337 g/mol. The van der Waals surface area contributed by atoms with E-state index in [9.17, 15) is 4.79 Å². The first-order valence-electron chi connectivity index (χ1n) is 4.91. The van der Waals surface area contributed by atoms with Gasteiger partial charge in [-0.3, -0.25) is 0 Å². The molecule has 0 aliphatic heterocycles. The SMILES string of the molecule is CN(Cc1ncc(I)[nH]1)C(=O)OC(C)(C)C. The van der Waals surface area contributed by atoms with Crippen LogP contribution >= 0.6 is 22.6 Å². The number of nitrogens with one attached hydrogen (secondary N) is 1. The van der Waals surface area contributed by atoms with Crippen molar-refractivity contribution in [2.75, 3.05) is 7.05 Å². The van der Waals surface area contributed by atoms with Crippen LogP contribution in [0.25, 0.3) is 0 Å². The maximum absolute atomic E-state index is 11.6. The third kappa shape index (κ3) is 4.38. The van der Waals surface area contributed by atoms with E-state index < -0.39 is 5.60 Å². The molecule has 6 heteroatoms. The maximum Gasteiger partial charge on any atom is 0.410 e. The summed E-state index contributed by atoms with van der Waals surface area (Å²) in [6.45, 7) is 5.94. The quantitative estimate of drug-likeness (QED) is 0.843. The van der Waals surface area contributed by atoms with Gasteiger partial charge >= 0.3 is 6.09 Å². The fourth-order valence-electron chi connectivity index (χ4n) is 1.05. The molecule has 0 aliphatic rings. The number of carbonyl (C=O) groups excluding carboxylic acids is 1. The van der Waals surface area contributed by atoms with Crippen LogP contribution in [0.4, 0.5) is 4.79 Å². The number of halogens is 1. The Bertz CT molecular complexity index is 370. The fourth-order valence-corrected chi connectivity index (χ4v) is 1.50. The van der Waals surface area contributed by atoms with E-state index in [0.717, 1.165) is 9.53 Å². The van der Waals surface area contributed by atoms with Gasteiger partial charge in [-0.1, -0.05) is 0 Å². The minimum absolute atomic E-state index is 0.348. The highest BCUT2D eigenvalue weighted by Crippen LogP contribution is 2.10. The van der Waals surface area contributed by atoms with Crippen molar-refractivity contribution in [1.29, 1.82) is 0 Å². The summed E-state index contributed by atoms with van der Waals surface area (Å²) in [5, 5.41) is 0. The van der Waals surface area contributed by atoms with E-state index >= 15 is 0 Å². The highest BCUT2D eigenvalue weighted by atomic mass is 127. The van der Waals surface area contributed by atoms with Gasteiger partial charge in [0.05, 0.1) is 16.4 Å². The van der Waals surface area contributed by atoms with Crippen molar-refractivity contribution >= 4 is 28.7 Å². The van der Waals surface area contributed by atoms with Crippen molar-refractivity contribution in [3.63, 3.8) is 0 Å². The van der Waals surface area contributed by atoms with Crippen molar-refractivity contribution < 1.29 is 9.53 Å². The van der Waals surface area contributed by atoms with Crippen LogP contribution in [0, 0.1) is 3.70 Å². The van der Waals surface area contributed by atoms with Crippen LogP contribution in [0.1, 0.15) is 26.6 Å². The Labute approximate surface area is 109 Å². The zero-order valence-corrected chi connectivity index (χ0v) is 12.0. The maximum atomic E-state index is 11.6. The van der Waals surface area contributed by atoms with Crippen molar-refractivity contribution in [3.05, 3.63) is 15.7 Å². The topological polar surface area (TPSA) is 58.2 Å². The van der Waals surface area contributed by atoms with E-state index in [0.29, 0.717) is 6.54 Å². The molecule has 1 heterocycles. The summed E-state index contributed by atoms with van der Waals surface area (Å²) < 4.78 is 6.17. The number of ether oxygens (including phenoxy) is 1. The molecule has 16 heavy (non-hydrogen) atoms. The van der Waals surface area contributed by atoms with E-state index in [1.807, 2.05) is 20.8 Å². The lowest BCUT2D eigenvalue weighted by atomic mass is 10.2. The third-order valence-corrected chi connectivity index (χ3v) is 2.24. The summed E-state index contributed by atoms with van der Waals surface area (Å²) in [6, 6.07) is 0. The second-order valence-electron chi connectivity index (χ2n) is 4.51. The Morgan fingerprint density at radius 2 is 2.25 bits per heavy atom. The number of H-pyrrole nitrogens is 1. The first-order chi connectivity index (χ1) is 7.28. The van der Waals surface area contributed by atoms with E-state index in [1.54, 1.807) is 13.2 Å². The minimum Gasteiger partial charge on any atom is -0.444 e. The zero-order valence-electron chi connectivity index (χ0n) is 9.87. The first kappa shape index (κ1) is 13.3. The molecule has 1 amide bonds. The molecule has 0 saturated heterocycles. The zero-order chi connectivity index (χ0) is 12.3. The van der Waals surface area contributed by atoms with Crippen LogP contribution < -0.4 is 0 Å². The van der Waals surface area contributed by atoms with Crippen LogP contribution in [0.15, 0.2) is 6.20 Å². The monoisotopic (exact) mass is 337 g/mol. The number of hydrogen-bond acceptors (Lipinski definition) is 3. The number of hydrogen-bond donors (Lipinski definition) is 1. The number of aromatic nitrogens is 2. The minimum atomic E-state index is -0.469. The van der Waals surface area contributed by atoms with Crippen LogP contribution in [0.3, 0.4) is 0 Å². The number of aromatic amines is 1. The van der Waals surface area contributed by atoms with Crippen molar-refractivity contribution in [3.8, 4) is 0 Å². The molecule has 0 atom stereocenters. The molecule has 0 unspecified atom stereocenters. The second kappa shape index (κ2) is 5.03. The third-order valence-electron chi connectivity index (χ3n) is 1.69. The van der Waals surface area contributed by atoms with E-state index in [4.69, 9.17) is 4.74 Å². The smallest absolute Gasteiger partial charge is 0.410 e. The lowest BCUT2D eigenvalue weighted by molar-refractivity contribution is 0.0281. The highest BCUT2D eigenvalue weighted by Gasteiger charge is 2.20. The van der Waals surface area contributed by atoms with Crippen LogP contribution in [0.2, 0.25) is 0 Å². The molecule has 5 nitrogen and oxygen atoms in total. The lowest BCUT2D eigenvalue weighted by Gasteiger charge is -2.24. The molecule has 0 aromatic carbocycles. The van der Waals surface area contributed by atoms with Gasteiger partial charge in [0.1, 0.15) is 11.4 Å². The summed E-state index contributed by atoms with van der Waals surface area (Å²) in [4.78, 5) is 20.3. The molecule has 0 spiro atoms. The van der Waals surface area contributed by atoms with Gasteiger partial charge in [-0.2, -0.15) is 0 Å². The van der Waals surface area contributed by atoms with Gasteiger partial charge in [0.2, 0.25) is 0 Å². The van der Waals surface area contributed by atoms with Gasteiger partial charge in [-0.15, -0.1) is 0 Å². The number of carbonyl (C=O) groups is 1. The van der Waals surface area contributed by atoms with E-state index in [1.165, 1.54) is 4.90 Å². The Kier molecular flexibility index (Phi) is 4.17. The largest absolute Gasteiger partial charge is 0.444 e. The van der Waals surface area contributed by atoms with Gasteiger partial charge in [0.25, 0.3) is 0 Å². The summed E-state index contributed by atoms with van der Waals surface area (Å²) in [7, 11) is 1.68. The fraction of sp³-hybridized carbons (Fsp3) is 0.600. The highest BCUT2D eigenvalue weighted by molar-refractivity contribution is 14.1. The Balaban J connectivity index is 2.52. The molecule has 90 valence electrons. The van der Waals surface area contributed by atoms with Gasteiger partial charge in [0, 0.05) is 7.05 Å². The molecular weight excluding hydrogens is 321 g/mol. The Morgan fingerprint density at radius 1 is 1.62 bits per heavy atom. The van der Waals surface area contributed by atoms with Crippen LogP contribution in [0.5, 0.6) is 0 Å². The Hall–Kier alpha value is -0.790. The summed E-state index contributed by atoms with van der Waals surface area (Å²) in [5.41, 5.74) is -0.469. The lowest BCUT2D eigenvalue weighted by Crippen LogP contribution is -2.34. The number of nitrogens with zero attached hydrogens (tertiary/aromatic N) is 2. The van der Waals surface area contributed by atoms with Gasteiger partial charge in [-0.25, -0.2) is 9.78 Å². The molecular formula is C10H16IN3O2. The molecule has 0 fully saturated rings. The molecule has 1 aromatic heterocycles. The van der Waals surface area contributed by atoms with Crippen LogP contribution in [-0.2, 0) is 11.3 Å². The van der Waals surface area contributed by atoms with E-state index in [-0.39, 0.29) is 6.09 Å². The van der Waals surface area contributed by atoms with Gasteiger partial charge < -0.3 is 14.6 Å². The molecule has 1 N–H and O–H groups in total. The molecule has 1 aromatic rings. The molecule has 0 aliphatic carbocycles. The normalized spacial score (nSPS) is 11.3. The van der Waals surface area contributed by atoms with Crippen molar-refractivity contribution in [2.24, 2.45) is 0 Å². The standard InChI is InChI=1S/C10H16IN3O2/c1-10(2,3)16-9(15)14(4)6-8-12-5-7(11)13-8/h5H,6H2,1-4H3,(H,12,13). The summed E-state index contributed by atoms with van der Waals surface area (Å²) >= 11 is 2.13. The average Bonchev–Trinajstić information content (AvgIpc) is 2.48. The van der Waals surface area contributed by atoms with Crippen LogP contribution in [-0.4, -0.2) is 33.6 Å². The molecule has 0 radical (unpaired) electrons. The number of imidazole rings is 1.